The average molecular weight is 428 g/mol. The summed E-state index contributed by atoms with van der Waals surface area (Å²) in [6, 6.07) is -0.415. The van der Waals surface area contributed by atoms with Gasteiger partial charge in [-0.15, -0.1) is 0 Å². The van der Waals surface area contributed by atoms with E-state index >= 15 is 0 Å². The summed E-state index contributed by atoms with van der Waals surface area (Å²) in [6.45, 7) is 2.73. The highest BCUT2D eigenvalue weighted by molar-refractivity contribution is 5.21. The molecule has 0 amide bonds. The van der Waals surface area contributed by atoms with Crippen LogP contribution in [0.4, 0.5) is 0 Å². The van der Waals surface area contributed by atoms with Crippen LogP contribution in [0.1, 0.15) is 110 Å². The third-order valence-electron chi connectivity index (χ3n) is 6.41. The normalized spacial score (nSPS) is 24.2. The van der Waals surface area contributed by atoms with Gasteiger partial charge in [0.05, 0.1) is 12.6 Å². The largest absolute Gasteiger partial charge is 0.392 e. The topological polar surface area (TPSA) is 93.0 Å². The summed E-state index contributed by atoms with van der Waals surface area (Å²) in [5, 5.41) is 42.2. The van der Waals surface area contributed by atoms with E-state index in [1.165, 1.54) is 89.9 Å². The van der Waals surface area contributed by atoms with Crippen molar-refractivity contribution in [1.82, 2.24) is 5.32 Å². The lowest BCUT2D eigenvalue weighted by molar-refractivity contribution is -0.0641. The molecule has 1 rings (SSSR count). The third-order valence-corrected chi connectivity index (χ3v) is 6.41. The zero-order chi connectivity index (χ0) is 22.0. The average Bonchev–Trinajstić information content (AvgIpc) is 2.75. The van der Waals surface area contributed by atoms with Crippen LogP contribution in [0.3, 0.4) is 0 Å². The highest BCUT2D eigenvalue weighted by Gasteiger charge is 2.36. The lowest BCUT2D eigenvalue weighted by Crippen LogP contribution is -2.54. The van der Waals surface area contributed by atoms with E-state index in [2.05, 4.69) is 12.2 Å². The number of hydrogen-bond donors (Lipinski definition) is 5. The molecule has 0 bridgehead atoms. The molecule has 0 saturated heterocycles. The van der Waals surface area contributed by atoms with Gasteiger partial charge in [-0.3, -0.25) is 0 Å². The highest BCUT2D eigenvalue weighted by Crippen LogP contribution is 2.20. The van der Waals surface area contributed by atoms with E-state index in [4.69, 9.17) is 0 Å². The summed E-state index contributed by atoms with van der Waals surface area (Å²) < 4.78 is 0. The first-order valence-corrected chi connectivity index (χ1v) is 12.7. The molecule has 5 N–H and O–H groups in total. The van der Waals surface area contributed by atoms with Crippen LogP contribution in [0.2, 0.25) is 0 Å². The second kappa shape index (κ2) is 18.1. The molecule has 0 aromatic rings. The maximum Gasteiger partial charge on any atom is 0.111 e. The van der Waals surface area contributed by atoms with Crippen LogP contribution in [-0.2, 0) is 0 Å². The Morgan fingerprint density at radius 2 is 1.10 bits per heavy atom. The Kier molecular flexibility index (Phi) is 16.7. The highest BCUT2D eigenvalue weighted by atomic mass is 16.4. The Hall–Kier alpha value is -0.460. The van der Waals surface area contributed by atoms with Gasteiger partial charge in [-0.1, -0.05) is 109 Å². The lowest BCUT2D eigenvalue weighted by Gasteiger charge is -2.34. The maximum atomic E-state index is 10.1. The Bertz CT molecular complexity index is 429. The van der Waals surface area contributed by atoms with E-state index in [-0.39, 0.29) is 6.61 Å². The van der Waals surface area contributed by atoms with Crippen LogP contribution < -0.4 is 5.32 Å². The summed E-state index contributed by atoms with van der Waals surface area (Å²) in [5.41, 5.74) is 0.372. The molecule has 0 unspecified atom stereocenters. The monoisotopic (exact) mass is 427 g/mol. The van der Waals surface area contributed by atoms with Gasteiger partial charge in [-0.2, -0.15) is 0 Å². The lowest BCUT2D eigenvalue weighted by atomic mass is 9.88. The fourth-order valence-corrected chi connectivity index (χ4v) is 4.31. The molecule has 0 fully saturated rings. The molecule has 0 spiro atoms. The minimum atomic E-state index is -1.25. The Morgan fingerprint density at radius 3 is 1.53 bits per heavy atom. The molecule has 5 nitrogen and oxygen atoms in total. The van der Waals surface area contributed by atoms with Gasteiger partial charge >= 0.3 is 0 Å². The molecular formula is C25H49NO4. The molecule has 0 aromatic carbocycles. The summed E-state index contributed by atoms with van der Waals surface area (Å²) in [5.74, 6) is 0. The minimum absolute atomic E-state index is 0.303. The molecule has 4 atom stereocenters. The van der Waals surface area contributed by atoms with E-state index in [1.54, 1.807) is 6.08 Å². The second-order valence-electron chi connectivity index (χ2n) is 9.11. The number of aliphatic hydroxyl groups excluding tert-OH is 4. The van der Waals surface area contributed by atoms with Crippen molar-refractivity contribution in [3.05, 3.63) is 11.6 Å². The number of aliphatic hydroxyl groups is 4. The van der Waals surface area contributed by atoms with Crippen molar-refractivity contribution in [2.24, 2.45) is 0 Å². The van der Waals surface area contributed by atoms with Crippen LogP contribution in [0.25, 0.3) is 0 Å². The first-order chi connectivity index (χ1) is 14.6. The first kappa shape index (κ1) is 27.6. The van der Waals surface area contributed by atoms with Gasteiger partial charge in [0, 0.05) is 0 Å². The summed E-state index contributed by atoms with van der Waals surface area (Å²) in [6.07, 6.45) is 19.6. The van der Waals surface area contributed by atoms with E-state index in [0.717, 1.165) is 19.4 Å². The van der Waals surface area contributed by atoms with Gasteiger partial charge in [0.25, 0.3) is 0 Å². The number of rotatable bonds is 19. The molecule has 1 aliphatic rings. The van der Waals surface area contributed by atoms with Gasteiger partial charge in [-0.05, 0) is 18.5 Å². The molecule has 0 saturated carbocycles. The van der Waals surface area contributed by atoms with E-state index in [9.17, 15) is 20.4 Å². The van der Waals surface area contributed by atoms with Crippen molar-refractivity contribution in [3.63, 3.8) is 0 Å². The van der Waals surface area contributed by atoms with Gasteiger partial charge in [-0.25, -0.2) is 0 Å². The van der Waals surface area contributed by atoms with Crippen molar-refractivity contribution in [1.29, 1.82) is 0 Å². The van der Waals surface area contributed by atoms with Crippen molar-refractivity contribution in [2.45, 2.75) is 134 Å². The predicted octanol–water partition coefficient (Wildman–Crippen LogP) is 4.22. The second-order valence-corrected chi connectivity index (χ2v) is 9.11. The van der Waals surface area contributed by atoms with Gasteiger partial charge in [0.1, 0.15) is 18.3 Å². The van der Waals surface area contributed by atoms with Crippen molar-refractivity contribution in [3.8, 4) is 0 Å². The van der Waals surface area contributed by atoms with Crippen LogP contribution in [0.15, 0.2) is 11.6 Å². The van der Waals surface area contributed by atoms with Crippen molar-refractivity contribution < 1.29 is 20.4 Å². The van der Waals surface area contributed by atoms with Crippen molar-refractivity contribution in [2.75, 3.05) is 13.2 Å². The molecule has 0 aliphatic heterocycles. The van der Waals surface area contributed by atoms with Crippen LogP contribution in [0.5, 0.6) is 0 Å². The Morgan fingerprint density at radius 1 is 0.667 bits per heavy atom. The van der Waals surface area contributed by atoms with Gasteiger partial charge < -0.3 is 25.7 Å². The molecule has 0 radical (unpaired) electrons. The molecule has 0 aromatic heterocycles. The summed E-state index contributed by atoms with van der Waals surface area (Å²) in [4.78, 5) is 0. The van der Waals surface area contributed by atoms with E-state index < -0.39 is 24.4 Å². The molecule has 30 heavy (non-hydrogen) atoms. The van der Waals surface area contributed by atoms with E-state index in [1.807, 2.05) is 0 Å². The van der Waals surface area contributed by atoms with Crippen molar-refractivity contribution >= 4 is 0 Å². The molecule has 178 valence electrons. The molecule has 0 heterocycles. The van der Waals surface area contributed by atoms with Crippen LogP contribution >= 0.6 is 0 Å². The fraction of sp³-hybridized carbons (Fsp3) is 0.920. The summed E-state index contributed by atoms with van der Waals surface area (Å²) in [7, 11) is 0. The molecular weight excluding hydrogens is 378 g/mol. The van der Waals surface area contributed by atoms with Crippen LogP contribution in [-0.4, -0.2) is 57.9 Å². The standard InChI is InChI=1S/C25H49NO4/c1-2-3-4-5-6-7-8-9-10-11-12-13-14-15-16-17-18-26-22-19-21(20-27)23(28)25(30)24(22)29/h19,22-30H,2-18,20H2,1H3/t22-,23+,24-,25-/m0/s1. The quantitative estimate of drug-likeness (QED) is 0.157. The molecule has 1 aliphatic carbocycles. The van der Waals surface area contributed by atoms with E-state index in [0.29, 0.717) is 5.57 Å². The predicted molar refractivity (Wildman–Crippen MR) is 125 cm³/mol. The SMILES string of the molecule is CCCCCCCCCCCCCCCCCCN[C@H]1C=C(CO)[C@@H](O)[C@H](O)[C@H]1O. The number of nitrogens with one attached hydrogen (secondary N) is 1. The summed E-state index contributed by atoms with van der Waals surface area (Å²) >= 11 is 0. The van der Waals surface area contributed by atoms with Crippen LogP contribution in [0, 0.1) is 0 Å². The smallest absolute Gasteiger partial charge is 0.111 e. The first-order valence-electron chi connectivity index (χ1n) is 12.7. The maximum absolute atomic E-state index is 10.1. The minimum Gasteiger partial charge on any atom is -0.392 e. The Labute approximate surface area is 185 Å². The van der Waals surface area contributed by atoms with Gasteiger partial charge in [0.15, 0.2) is 0 Å². The number of unbranched alkanes of at least 4 members (excludes halogenated alkanes) is 15. The molecule has 5 heteroatoms. The Balaban J connectivity index is 1.88. The third kappa shape index (κ3) is 11.8. The zero-order valence-electron chi connectivity index (χ0n) is 19.4. The fourth-order valence-electron chi connectivity index (χ4n) is 4.31. The van der Waals surface area contributed by atoms with Gasteiger partial charge in [0.2, 0.25) is 0 Å². The zero-order valence-corrected chi connectivity index (χ0v) is 19.4. The number of hydrogen-bond acceptors (Lipinski definition) is 5.